The molecule has 1 saturated heterocycles. The van der Waals surface area contributed by atoms with Gasteiger partial charge >= 0.3 is 0 Å². The van der Waals surface area contributed by atoms with E-state index >= 15 is 0 Å². The van der Waals surface area contributed by atoms with E-state index in [9.17, 15) is 13.9 Å². The molecule has 0 radical (unpaired) electrons. The molecule has 0 atom stereocenters. The quantitative estimate of drug-likeness (QED) is 0.698. The van der Waals surface area contributed by atoms with Gasteiger partial charge in [0.2, 0.25) is 0 Å². The first-order valence-corrected chi connectivity index (χ1v) is 4.28. The van der Waals surface area contributed by atoms with Gasteiger partial charge in [-0.05, 0) is 6.42 Å². The molecule has 0 aliphatic carbocycles. The Morgan fingerprint density at radius 1 is 1.50 bits per heavy atom. The highest BCUT2D eigenvalue weighted by Gasteiger charge is 2.40. The van der Waals surface area contributed by atoms with Crippen molar-refractivity contribution in [1.82, 2.24) is 4.90 Å². The molecule has 2 nitrogen and oxygen atoms in total. The Balaban J connectivity index is 2.18. The van der Waals surface area contributed by atoms with Gasteiger partial charge in [0, 0.05) is 13.1 Å². The number of alkyl halides is 2. The van der Waals surface area contributed by atoms with Crippen LogP contribution >= 0.6 is 0 Å². The van der Waals surface area contributed by atoms with Crippen LogP contribution in [0.5, 0.6) is 0 Å². The van der Waals surface area contributed by atoms with Crippen LogP contribution in [0.25, 0.3) is 0 Å². The Bertz CT molecular complexity index is 146. The number of hydrogen-bond acceptors (Lipinski definition) is 2. The van der Waals surface area contributed by atoms with Crippen LogP contribution in [-0.4, -0.2) is 41.7 Å². The van der Waals surface area contributed by atoms with Gasteiger partial charge in [-0.25, -0.2) is 8.78 Å². The van der Waals surface area contributed by atoms with E-state index in [1.54, 1.807) is 4.90 Å². The molecule has 1 heterocycles. The van der Waals surface area contributed by atoms with E-state index in [0.717, 1.165) is 6.42 Å². The van der Waals surface area contributed by atoms with Crippen molar-refractivity contribution in [1.29, 1.82) is 0 Å². The third kappa shape index (κ3) is 2.38. The summed E-state index contributed by atoms with van der Waals surface area (Å²) in [6, 6.07) is 0. The molecule has 0 aromatic heterocycles. The van der Waals surface area contributed by atoms with Crippen molar-refractivity contribution in [3.63, 3.8) is 0 Å². The van der Waals surface area contributed by atoms with Crippen LogP contribution < -0.4 is 0 Å². The molecule has 12 heavy (non-hydrogen) atoms. The molecule has 0 amide bonds. The minimum atomic E-state index is -2.28. The van der Waals surface area contributed by atoms with Crippen molar-refractivity contribution in [2.75, 3.05) is 19.6 Å². The first-order valence-electron chi connectivity index (χ1n) is 4.28. The first-order chi connectivity index (χ1) is 5.56. The minimum absolute atomic E-state index is 0.202. The van der Waals surface area contributed by atoms with Gasteiger partial charge in [-0.2, -0.15) is 0 Å². The summed E-state index contributed by atoms with van der Waals surface area (Å²) in [6.07, 6.45) is -0.664. The standard InChI is InChI=1S/C8H15F2NO/c1-2-3-8(12)5-11(6-8)4-7(9)10/h7,12H,2-6H2,1H3. The van der Waals surface area contributed by atoms with Gasteiger partial charge in [-0.15, -0.1) is 0 Å². The zero-order chi connectivity index (χ0) is 9.19. The highest BCUT2D eigenvalue weighted by atomic mass is 19.3. The Labute approximate surface area is 71.2 Å². The molecule has 1 rings (SSSR count). The average Bonchev–Trinajstić information content (AvgIpc) is 1.83. The first kappa shape index (κ1) is 9.86. The molecule has 0 aromatic rings. The smallest absolute Gasteiger partial charge is 0.251 e. The lowest BCUT2D eigenvalue weighted by Crippen LogP contribution is -2.62. The summed E-state index contributed by atoms with van der Waals surface area (Å²) < 4.78 is 23.6. The lowest BCUT2D eigenvalue weighted by molar-refractivity contribution is -0.116. The van der Waals surface area contributed by atoms with Gasteiger partial charge in [-0.3, -0.25) is 4.90 Å². The summed E-state index contributed by atoms with van der Waals surface area (Å²) in [5.41, 5.74) is -0.677. The van der Waals surface area contributed by atoms with Gasteiger partial charge in [0.25, 0.3) is 6.43 Å². The maximum absolute atomic E-state index is 11.8. The Morgan fingerprint density at radius 2 is 2.08 bits per heavy atom. The molecule has 0 bridgehead atoms. The zero-order valence-electron chi connectivity index (χ0n) is 7.26. The van der Waals surface area contributed by atoms with Crippen LogP contribution in [0.4, 0.5) is 8.78 Å². The second kappa shape index (κ2) is 3.66. The number of halogens is 2. The number of hydrogen-bond donors (Lipinski definition) is 1. The molecule has 1 aliphatic heterocycles. The lowest BCUT2D eigenvalue weighted by Gasteiger charge is -2.46. The van der Waals surface area contributed by atoms with Crippen LogP contribution in [0, 0.1) is 0 Å². The molecule has 1 N–H and O–H groups in total. The van der Waals surface area contributed by atoms with Gasteiger partial charge < -0.3 is 5.11 Å². The summed E-state index contributed by atoms with van der Waals surface area (Å²) in [7, 11) is 0. The zero-order valence-corrected chi connectivity index (χ0v) is 7.26. The molecule has 0 saturated carbocycles. The fourth-order valence-corrected chi connectivity index (χ4v) is 1.73. The van der Waals surface area contributed by atoms with Gasteiger partial charge in [0.05, 0.1) is 12.1 Å². The van der Waals surface area contributed by atoms with E-state index in [2.05, 4.69) is 0 Å². The van der Waals surface area contributed by atoms with E-state index < -0.39 is 12.0 Å². The molecule has 0 aromatic carbocycles. The van der Waals surface area contributed by atoms with Gasteiger partial charge in [0.1, 0.15) is 0 Å². The summed E-state index contributed by atoms with van der Waals surface area (Å²) in [4.78, 5) is 1.58. The van der Waals surface area contributed by atoms with Crippen molar-refractivity contribution in [3.8, 4) is 0 Å². The third-order valence-electron chi connectivity index (χ3n) is 2.15. The monoisotopic (exact) mass is 179 g/mol. The SMILES string of the molecule is CCCC1(O)CN(CC(F)F)C1. The predicted octanol–water partition coefficient (Wildman–Crippen LogP) is 1.10. The third-order valence-corrected chi connectivity index (χ3v) is 2.15. The maximum atomic E-state index is 11.8. The normalized spacial score (nSPS) is 22.8. The predicted molar refractivity (Wildman–Crippen MR) is 42.3 cm³/mol. The Morgan fingerprint density at radius 3 is 2.50 bits per heavy atom. The summed E-state index contributed by atoms with van der Waals surface area (Å²) in [5, 5.41) is 9.61. The van der Waals surface area contributed by atoms with Crippen molar-refractivity contribution in [3.05, 3.63) is 0 Å². The van der Waals surface area contributed by atoms with Crippen molar-refractivity contribution in [2.45, 2.75) is 31.8 Å². The second-order valence-electron chi connectivity index (χ2n) is 3.54. The van der Waals surface area contributed by atoms with Gasteiger partial charge in [0.15, 0.2) is 0 Å². The fourth-order valence-electron chi connectivity index (χ4n) is 1.73. The minimum Gasteiger partial charge on any atom is -0.387 e. The van der Waals surface area contributed by atoms with E-state index in [1.165, 1.54) is 0 Å². The molecule has 4 heteroatoms. The van der Waals surface area contributed by atoms with Crippen LogP contribution in [0.1, 0.15) is 19.8 Å². The van der Waals surface area contributed by atoms with E-state index in [1.807, 2.05) is 6.92 Å². The van der Waals surface area contributed by atoms with Crippen molar-refractivity contribution in [2.24, 2.45) is 0 Å². The molecular weight excluding hydrogens is 164 g/mol. The Kier molecular flexibility index (Phi) is 3.01. The lowest BCUT2D eigenvalue weighted by atomic mass is 9.89. The van der Waals surface area contributed by atoms with Crippen molar-refractivity contribution >= 4 is 0 Å². The maximum Gasteiger partial charge on any atom is 0.251 e. The molecule has 0 spiro atoms. The molecular formula is C8H15F2NO. The highest BCUT2D eigenvalue weighted by Crippen LogP contribution is 2.25. The molecule has 1 aliphatic rings. The second-order valence-corrected chi connectivity index (χ2v) is 3.54. The number of rotatable bonds is 4. The fraction of sp³-hybridized carbons (Fsp3) is 1.00. The summed E-state index contributed by atoms with van der Waals surface area (Å²) in [5.74, 6) is 0. The summed E-state index contributed by atoms with van der Waals surface area (Å²) >= 11 is 0. The van der Waals surface area contributed by atoms with Crippen LogP contribution in [-0.2, 0) is 0 Å². The highest BCUT2D eigenvalue weighted by molar-refractivity contribution is 4.94. The molecule has 1 fully saturated rings. The number of aliphatic hydroxyl groups is 1. The van der Waals surface area contributed by atoms with Crippen LogP contribution in [0.15, 0.2) is 0 Å². The van der Waals surface area contributed by atoms with E-state index in [0.29, 0.717) is 19.5 Å². The molecule has 0 unspecified atom stereocenters. The van der Waals surface area contributed by atoms with Gasteiger partial charge in [-0.1, -0.05) is 13.3 Å². The van der Waals surface area contributed by atoms with E-state index in [-0.39, 0.29) is 6.54 Å². The topological polar surface area (TPSA) is 23.5 Å². The van der Waals surface area contributed by atoms with E-state index in [4.69, 9.17) is 0 Å². The number of likely N-dealkylation sites (tertiary alicyclic amines) is 1. The number of β-amino-alcohol motifs (C(OH)–C–C–N with tert-alkyl or cyclic N) is 1. The molecule has 72 valence electrons. The number of nitrogens with zero attached hydrogens (tertiary/aromatic N) is 1. The largest absolute Gasteiger partial charge is 0.387 e. The Hall–Kier alpha value is -0.220. The average molecular weight is 179 g/mol. The van der Waals surface area contributed by atoms with Crippen LogP contribution in [0.2, 0.25) is 0 Å². The summed E-state index contributed by atoms with van der Waals surface area (Å²) in [6.45, 7) is 2.59. The van der Waals surface area contributed by atoms with Crippen LogP contribution in [0.3, 0.4) is 0 Å². The van der Waals surface area contributed by atoms with Crippen molar-refractivity contribution < 1.29 is 13.9 Å².